The third-order valence-corrected chi connectivity index (χ3v) is 5.88. The van der Waals surface area contributed by atoms with Crippen LogP contribution in [0.2, 0.25) is 10.0 Å². The molecule has 0 unspecified atom stereocenters. The van der Waals surface area contributed by atoms with Gasteiger partial charge in [-0.2, -0.15) is 0 Å². The van der Waals surface area contributed by atoms with Gasteiger partial charge in [-0.3, -0.25) is 0 Å². The van der Waals surface area contributed by atoms with Crippen molar-refractivity contribution >= 4 is 45.8 Å². The number of rotatable bonds is 7. The number of anilines is 2. The van der Waals surface area contributed by atoms with Gasteiger partial charge >= 0.3 is 5.69 Å². The van der Waals surface area contributed by atoms with Crippen LogP contribution in [0.15, 0.2) is 60.9 Å². The summed E-state index contributed by atoms with van der Waals surface area (Å²) in [7, 11) is 0. The number of H-pyrrole nitrogens is 1. The lowest BCUT2D eigenvalue weighted by Crippen LogP contribution is -2.13. The summed E-state index contributed by atoms with van der Waals surface area (Å²) in [6.45, 7) is 1.89. The summed E-state index contributed by atoms with van der Waals surface area (Å²) < 4.78 is 45.7. The highest BCUT2D eigenvalue weighted by Gasteiger charge is 2.26. The average molecular weight is 533 g/mol. The zero-order chi connectivity index (χ0) is 26.0. The second kappa shape index (κ2) is 10.4. The molecule has 0 radical (unpaired) electrons. The Balaban J connectivity index is 1.75. The molecule has 0 aliphatic heterocycles. The van der Waals surface area contributed by atoms with Crippen molar-refractivity contribution < 1.29 is 18.0 Å². The maximum absolute atomic E-state index is 15.5. The smallest absolute Gasteiger partial charge is 0.310 e. The van der Waals surface area contributed by atoms with Gasteiger partial charge in [0.1, 0.15) is 22.4 Å². The summed E-state index contributed by atoms with van der Waals surface area (Å²) in [6, 6.07) is 8.69. The Morgan fingerprint density at radius 2 is 1.92 bits per heavy atom. The lowest BCUT2D eigenvalue weighted by atomic mass is 9.95. The van der Waals surface area contributed by atoms with Gasteiger partial charge in [-0.15, -0.1) is 5.43 Å². The molecule has 6 nitrogen and oxygen atoms in total. The first-order valence-electron chi connectivity index (χ1n) is 10.7. The van der Waals surface area contributed by atoms with Gasteiger partial charge in [0.25, 0.3) is 0 Å². The number of nitrogens with two attached hydrogens (primary N) is 1. The highest BCUT2D eigenvalue weighted by Crippen LogP contribution is 2.38. The second-order valence-electron chi connectivity index (χ2n) is 7.64. The summed E-state index contributed by atoms with van der Waals surface area (Å²) in [4.78, 5) is 19.9. The molecule has 1 heterocycles. The molecule has 0 saturated carbocycles. The summed E-state index contributed by atoms with van der Waals surface area (Å²) in [5, 5.41) is 0.308. The van der Waals surface area contributed by atoms with E-state index >= 15 is 8.78 Å². The number of aromatic nitrogens is 2. The number of hydrogen-bond donors (Lipinski definition) is 3. The van der Waals surface area contributed by atoms with Crippen molar-refractivity contribution in [2.75, 3.05) is 11.2 Å². The van der Waals surface area contributed by atoms with Gasteiger partial charge in [-0.05, 0) is 30.7 Å². The predicted molar refractivity (Wildman–Crippen MR) is 135 cm³/mol. The van der Waals surface area contributed by atoms with Crippen LogP contribution in [0.3, 0.4) is 0 Å². The van der Waals surface area contributed by atoms with E-state index in [9.17, 15) is 9.30 Å². The van der Waals surface area contributed by atoms with Crippen LogP contribution in [0, 0.1) is 22.4 Å². The van der Waals surface area contributed by atoms with Crippen LogP contribution < -0.4 is 11.2 Å². The largest absolute Gasteiger partial charge is 0.396 e. The number of allylic oxidation sites excluding steroid dienone is 1. The average Bonchev–Trinajstić information content (AvgIpc) is 3.37. The van der Waals surface area contributed by atoms with Crippen molar-refractivity contribution in [2.45, 2.75) is 13.3 Å². The number of nitrogens with zero attached hydrogens (tertiary/aromatic N) is 2. The molecule has 184 valence electrons. The molecule has 0 saturated heterocycles. The zero-order valence-electron chi connectivity index (χ0n) is 18.8. The Morgan fingerprint density at radius 3 is 2.58 bits per heavy atom. The van der Waals surface area contributed by atoms with E-state index in [0.29, 0.717) is 28.4 Å². The van der Waals surface area contributed by atoms with Gasteiger partial charge in [0.05, 0.1) is 16.2 Å². The van der Waals surface area contributed by atoms with Crippen molar-refractivity contribution in [2.24, 2.45) is 0 Å². The van der Waals surface area contributed by atoms with Crippen LogP contribution in [-0.4, -0.2) is 14.8 Å². The van der Waals surface area contributed by atoms with Crippen LogP contribution in [0.4, 0.5) is 30.2 Å². The van der Waals surface area contributed by atoms with Gasteiger partial charge in [-0.1, -0.05) is 48.3 Å². The first kappa shape index (κ1) is 25.3. The van der Waals surface area contributed by atoms with Crippen LogP contribution in [0.25, 0.3) is 16.7 Å². The van der Waals surface area contributed by atoms with E-state index in [4.69, 9.17) is 28.9 Å². The molecule has 0 amide bonds. The molecule has 0 aliphatic carbocycles. The normalized spacial score (nSPS) is 11.6. The number of benzene rings is 3. The quantitative estimate of drug-likeness (QED) is 0.129. The standard InChI is InChI=1S/C25H19Cl2F3N5O/c1-2-3-15(25-32-10-11-33-25)14-5-6-16(22(29)24(14)31)21-18(28)7-8-19(23(21)30)34-35(36)20-9-4-13(26)12-17(20)27/h3-12H,2,31H2,1H3,(H,32,33)(H,34,36)/q+1/b15-3-. The minimum absolute atomic E-state index is 0.00893. The van der Waals surface area contributed by atoms with Crippen molar-refractivity contribution in [3.05, 3.63) is 105 Å². The second-order valence-corrected chi connectivity index (χ2v) is 8.48. The minimum atomic E-state index is -1.19. The van der Waals surface area contributed by atoms with Gasteiger partial charge in [-0.25, -0.2) is 18.2 Å². The fraction of sp³-hybridized carbons (Fsp3) is 0.0800. The van der Waals surface area contributed by atoms with Crippen LogP contribution >= 0.6 is 23.2 Å². The van der Waals surface area contributed by atoms with Gasteiger partial charge in [0.15, 0.2) is 16.5 Å². The van der Waals surface area contributed by atoms with E-state index in [1.54, 1.807) is 18.5 Å². The van der Waals surface area contributed by atoms with Gasteiger partial charge in [0, 0.05) is 40.2 Å². The molecule has 0 atom stereocenters. The molecule has 3 aromatic carbocycles. The van der Waals surface area contributed by atoms with E-state index < -0.39 is 34.3 Å². The fourth-order valence-electron chi connectivity index (χ4n) is 3.67. The lowest BCUT2D eigenvalue weighted by molar-refractivity contribution is -0.427. The molecule has 4 N–H and O–H groups in total. The zero-order valence-corrected chi connectivity index (χ0v) is 20.3. The van der Waals surface area contributed by atoms with Crippen molar-refractivity contribution in [1.82, 2.24) is 9.97 Å². The summed E-state index contributed by atoms with van der Waals surface area (Å²) in [6.07, 6.45) is 5.57. The molecule has 0 bridgehead atoms. The van der Waals surface area contributed by atoms with Crippen molar-refractivity contribution in [3.63, 3.8) is 0 Å². The maximum Gasteiger partial charge on any atom is 0.310 e. The number of nitrogen functional groups attached to an aromatic ring is 1. The number of nitrogens with one attached hydrogen (secondary N) is 2. The van der Waals surface area contributed by atoms with Gasteiger partial charge in [0.2, 0.25) is 0 Å². The number of halogens is 5. The third kappa shape index (κ3) is 4.80. The molecular formula is C25H19Cl2F3N5O+. The summed E-state index contributed by atoms with van der Waals surface area (Å²) in [5.74, 6) is -2.78. The van der Waals surface area contributed by atoms with Gasteiger partial charge < -0.3 is 10.7 Å². The Labute approximate surface area is 214 Å². The maximum atomic E-state index is 15.5. The molecule has 0 fully saturated rings. The first-order chi connectivity index (χ1) is 17.2. The van der Waals surface area contributed by atoms with Crippen molar-refractivity contribution in [3.8, 4) is 11.1 Å². The summed E-state index contributed by atoms with van der Waals surface area (Å²) >= 11 is 11.9. The van der Waals surface area contributed by atoms with E-state index in [0.717, 1.165) is 12.1 Å². The predicted octanol–water partition coefficient (Wildman–Crippen LogP) is 7.66. The molecule has 0 aliphatic rings. The topological polar surface area (TPSA) is 86.8 Å². The number of hydrazine groups is 1. The monoisotopic (exact) mass is 532 g/mol. The number of nitroso groups, excluding NO2 is 1. The molecule has 11 heteroatoms. The molecule has 0 spiro atoms. The Kier molecular flexibility index (Phi) is 7.32. The number of imidazole rings is 1. The first-order valence-corrected chi connectivity index (χ1v) is 11.4. The lowest BCUT2D eigenvalue weighted by Gasteiger charge is -2.14. The molecule has 4 rings (SSSR count). The number of aromatic amines is 1. The molecular weight excluding hydrogens is 514 g/mol. The van der Waals surface area contributed by atoms with E-state index in [2.05, 4.69) is 15.4 Å². The van der Waals surface area contributed by atoms with Crippen molar-refractivity contribution in [1.29, 1.82) is 0 Å². The molecule has 36 heavy (non-hydrogen) atoms. The molecule has 1 aromatic heterocycles. The van der Waals surface area contributed by atoms with E-state index in [1.807, 2.05) is 6.92 Å². The van der Waals surface area contributed by atoms with Crippen LogP contribution in [0.1, 0.15) is 24.7 Å². The fourth-order valence-corrected chi connectivity index (χ4v) is 4.16. The van der Waals surface area contributed by atoms with Crippen LogP contribution in [-0.2, 0) is 0 Å². The highest BCUT2D eigenvalue weighted by molar-refractivity contribution is 6.35. The SMILES string of the molecule is CC/C=C(\c1ncc[nH]1)c1ccc(-c2c(F)ccc(N[N+](=O)c3ccc(Cl)cc3Cl)c2F)c(F)c1N. The Hall–Kier alpha value is -3.82. The Bertz CT molecular complexity index is 1490. The number of hydrogen-bond acceptors (Lipinski definition) is 3. The third-order valence-electron chi connectivity index (χ3n) is 5.34. The van der Waals surface area contributed by atoms with E-state index in [1.165, 1.54) is 30.3 Å². The molecule has 4 aromatic rings. The minimum Gasteiger partial charge on any atom is -0.396 e. The Morgan fingerprint density at radius 1 is 1.14 bits per heavy atom. The van der Waals surface area contributed by atoms with E-state index in [-0.39, 0.29) is 21.3 Å². The highest BCUT2D eigenvalue weighted by atomic mass is 35.5. The summed E-state index contributed by atoms with van der Waals surface area (Å²) in [5.41, 5.74) is 7.32. The van der Waals surface area contributed by atoms with Crippen LogP contribution in [0.5, 0.6) is 0 Å².